The van der Waals surface area contributed by atoms with E-state index >= 15 is 0 Å². The number of hydrogen-bond donors (Lipinski definition) is 1. The predicted octanol–water partition coefficient (Wildman–Crippen LogP) is 2.13. The maximum Gasteiger partial charge on any atom is 0.122 e. The Balaban J connectivity index is 2.56. The van der Waals surface area contributed by atoms with Gasteiger partial charge in [0.1, 0.15) is 11.5 Å². The first-order valence-corrected chi connectivity index (χ1v) is 6.72. The average Bonchev–Trinajstić information content (AvgIpc) is 2.44. The lowest BCUT2D eigenvalue weighted by atomic mass is 10.2. The molecule has 0 spiro atoms. The molecule has 0 aliphatic heterocycles. The van der Waals surface area contributed by atoms with Crippen molar-refractivity contribution in [3.05, 3.63) is 23.8 Å². The van der Waals surface area contributed by atoms with E-state index in [1.165, 1.54) is 5.56 Å². The third-order valence-electron chi connectivity index (χ3n) is 3.19. The maximum absolute atomic E-state index is 5.27. The van der Waals surface area contributed by atoms with Gasteiger partial charge in [0.25, 0.3) is 0 Å². The van der Waals surface area contributed by atoms with Crippen molar-refractivity contribution in [3.8, 4) is 11.5 Å². The summed E-state index contributed by atoms with van der Waals surface area (Å²) in [6, 6.07) is 6.40. The fraction of sp³-hybridized carbons (Fsp3) is 0.600. The Morgan fingerprint density at radius 3 is 2.21 bits per heavy atom. The summed E-state index contributed by atoms with van der Waals surface area (Å²) in [7, 11) is 5.47. The zero-order valence-corrected chi connectivity index (χ0v) is 12.7. The highest BCUT2D eigenvalue weighted by Gasteiger charge is 2.06. The molecule has 0 aromatic heterocycles. The Kier molecular flexibility index (Phi) is 6.67. The number of nitrogens with zero attached hydrogens (tertiary/aromatic N) is 1. The largest absolute Gasteiger partial charge is 0.497 e. The van der Waals surface area contributed by atoms with Crippen molar-refractivity contribution in [3.63, 3.8) is 0 Å². The fourth-order valence-electron chi connectivity index (χ4n) is 1.92. The second-order valence-corrected chi connectivity index (χ2v) is 4.86. The first-order valence-electron chi connectivity index (χ1n) is 6.72. The van der Waals surface area contributed by atoms with Crippen LogP contribution in [0.3, 0.4) is 0 Å². The van der Waals surface area contributed by atoms with E-state index in [0.717, 1.165) is 31.1 Å². The summed E-state index contributed by atoms with van der Waals surface area (Å²) < 4.78 is 10.5. The lowest BCUT2D eigenvalue weighted by molar-refractivity contribution is 0.309. The molecule has 1 atom stereocenters. The highest BCUT2D eigenvalue weighted by molar-refractivity contribution is 5.38. The smallest absolute Gasteiger partial charge is 0.122 e. The molecule has 4 nitrogen and oxygen atoms in total. The highest BCUT2D eigenvalue weighted by atomic mass is 16.5. The van der Waals surface area contributed by atoms with Gasteiger partial charge in [-0.15, -0.1) is 0 Å². The molecule has 1 aromatic rings. The molecule has 1 aromatic carbocycles. The molecule has 0 heterocycles. The number of ether oxygens (including phenoxy) is 2. The van der Waals surface area contributed by atoms with Crippen molar-refractivity contribution >= 4 is 0 Å². The molecule has 0 aliphatic carbocycles. The van der Waals surface area contributed by atoms with Gasteiger partial charge in [0, 0.05) is 25.2 Å². The van der Waals surface area contributed by atoms with Crippen LogP contribution in [0.4, 0.5) is 0 Å². The number of rotatable bonds is 8. The standard InChI is InChI=1S/C15H26N2O2/c1-6-17(3)11-12(2)16-10-13-7-14(18-4)9-15(8-13)19-5/h7-9,12,16H,6,10-11H2,1-5H3. The van der Waals surface area contributed by atoms with Crippen LogP contribution in [-0.4, -0.2) is 45.3 Å². The molecule has 1 rings (SSSR count). The molecule has 0 amide bonds. The van der Waals surface area contributed by atoms with Crippen LogP contribution in [0.1, 0.15) is 19.4 Å². The number of methoxy groups -OCH3 is 2. The number of hydrogen-bond acceptors (Lipinski definition) is 4. The van der Waals surface area contributed by atoms with Crippen LogP contribution in [0.25, 0.3) is 0 Å². The van der Waals surface area contributed by atoms with E-state index in [2.05, 4.69) is 31.1 Å². The molecule has 1 unspecified atom stereocenters. The minimum atomic E-state index is 0.446. The molecule has 0 aliphatic rings. The van der Waals surface area contributed by atoms with Gasteiger partial charge < -0.3 is 19.7 Å². The molecular weight excluding hydrogens is 240 g/mol. The monoisotopic (exact) mass is 266 g/mol. The number of likely N-dealkylation sites (N-methyl/N-ethyl adjacent to an activating group) is 1. The zero-order chi connectivity index (χ0) is 14.3. The molecule has 0 radical (unpaired) electrons. The van der Waals surface area contributed by atoms with Crippen LogP contribution in [0, 0.1) is 0 Å². The van der Waals surface area contributed by atoms with Gasteiger partial charge in [-0.3, -0.25) is 0 Å². The van der Waals surface area contributed by atoms with Crippen LogP contribution < -0.4 is 14.8 Å². The molecule has 1 N–H and O–H groups in total. The highest BCUT2D eigenvalue weighted by Crippen LogP contribution is 2.22. The van der Waals surface area contributed by atoms with Crippen LogP contribution in [0.5, 0.6) is 11.5 Å². The minimum Gasteiger partial charge on any atom is -0.497 e. The van der Waals surface area contributed by atoms with Crippen molar-refractivity contribution in [1.82, 2.24) is 10.2 Å². The SMILES string of the molecule is CCN(C)CC(C)NCc1cc(OC)cc(OC)c1. The van der Waals surface area contributed by atoms with Crippen molar-refractivity contribution in [2.24, 2.45) is 0 Å². The zero-order valence-electron chi connectivity index (χ0n) is 12.7. The Morgan fingerprint density at radius 1 is 1.16 bits per heavy atom. The average molecular weight is 266 g/mol. The molecule has 0 saturated carbocycles. The Bertz CT molecular complexity index is 360. The van der Waals surface area contributed by atoms with Crippen molar-refractivity contribution < 1.29 is 9.47 Å². The van der Waals surface area contributed by atoms with Crippen molar-refractivity contribution in [2.75, 3.05) is 34.4 Å². The van der Waals surface area contributed by atoms with Crippen LogP contribution in [0.15, 0.2) is 18.2 Å². The molecule has 108 valence electrons. The van der Waals surface area contributed by atoms with E-state index in [9.17, 15) is 0 Å². The van der Waals surface area contributed by atoms with E-state index in [0.29, 0.717) is 6.04 Å². The summed E-state index contributed by atoms with van der Waals surface area (Å²) in [6.45, 7) is 7.28. The van der Waals surface area contributed by atoms with Gasteiger partial charge in [0.05, 0.1) is 14.2 Å². The second kappa shape index (κ2) is 8.02. The Hall–Kier alpha value is -1.26. The molecule has 4 heteroatoms. The molecule has 0 bridgehead atoms. The second-order valence-electron chi connectivity index (χ2n) is 4.86. The minimum absolute atomic E-state index is 0.446. The summed E-state index contributed by atoms with van der Waals surface area (Å²) >= 11 is 0. The lowest BCUT2D eigenvalue weighted by Gasteiger charge is -2.21. The Morgan fingerprint density at radius 2 is 1.74 bits per heavy atom. The molecule has 0 fully saturated rings. The van der Waals surface area contributed by atoms with Gasteiger partial charge in [-0.25, -0.2) is 0 Å². The van der Waals surface area contributed by atoms with E-state index in [-0.39, 0.29) is 0 Å². The van der Waals surface area contributed by atoms with Crippen LogP contribution in [-0.2, 0) is 6.54 Å². The lowest BCUT2D eigenvalue weighted by Crippen LogP contribution is -2.36. The summed E-state index contributed by atoms with van der Waals surface area (Å²) in [5.74, 6) is 1.66. The Labute approximate surface area is 116 Å². The maximum atomic E-state index is 5.27. The first kappa shape index (κ1) is 15.8. The fourth-order valence-corrected chi connectivity index (χ4v) is 1.92. The van der Waals surface area contributed by atoms with Gasteiger partial charge in [0.2, 0.25) is 0 Å². The molecular formula is C15H26N2O2. The van der Waals surface area contributed by atoms with Gasteiger partial charge >= 0.3 is 0 Å². The summed E-state index contributed by atoms with van der Waals surface area (Å²) in [6.07, 6.45) is 0. The summed E-state index contributed by atoms with van der Waals surface area (Å²) in [5.41, 5.74) is 1.17. The summed E-state index contributed by atoms with van der Waals surface area (Å²) in [5, 5.41) is 3.51. The van der Waals surface area contributed by atoms with Crippen molar-refractivity contribution in [1.29, 1.82) is 0 Å². The van der Waals surface area contributed by atoms with Gasteiger partial charge in [-0.1, -0.05) is 6.92 Å². The van der Waals surface area contributed by atoms with E-state index < -0.39 is 0 Å². The van der Waals surface area contributed by atoms with E-state index in [4.69, 9.17) is 9.47 Å². The topological polar surface area (TPSA) is 33.7 Å². The molecule has 0 saturated heterocycles. The summed E-state index contributed by atoms with van der Waals surface area (Å²) in [4.78, 5) is 2.30. The van der Waals surface area contributed by atoms with Crippen LogP contribution >= 0.6 is 0 Å². The van der Waals surface area contributed by atoms with Gasteiger partial charge in [0.15, 0.2) is 0 Å². The van der Waals surface area contributed by atoms with Crippen LogP contribution in [0.2, 0.25) is 0 Å². The normalized spacial score (nSPS) is 12.5. The molecule has 19 heavy (non-hydrogen) atoms. The van der Waals surface area contributed by atoms with E-state index in [1.807, 2.05) is 18.2 Å². The third-order valence-corrected chi connectivity index (χ3v) is 3.19. The van der Waals surface area contributed by atoms with Gasteiger partial charge in [-0.05, 0) is 38.2 Å². The van der Waals surface area contributed by atoms with Crippen molar-refractivity contribution in [2.45, 2.75) is 26.4 Å². The van der Waals surface area contributed by atoms with E-state index in [1.54, 1.807) is 14.2 Å². The first-order chi connectivity index (χ1) is 9.08. The number of nitrogens with one attached hydrogen (secondary N) is 1. The van der Waals surface area contributed by atoms with Gasteiger partial charge in [-0.2, -0.15) is 0 Å². The quantitative estimate of drug-likeness (QED) is 0.781. The predicted molar refractivity (Wildman–Crippen MR) is 79.0 cm³/mol. The number of benzene rings is 1. The third kappa shape index (κ3) is 5.49.